The van der Waals surface area contributed by atoms with E-state index in [9.17, 15) is 0 Å². The topological polar surface area (TPSA) is 55.4 Å². The Labute approximate surface area is 266 Å². The van der Waals surface area contributed by atoms with E-state index in [1.165, 1.54) is 83.5 Å². The van der Waals surface area contributed by atoms with Gasteiger partial charge in [0.25, 0.3) is 12.4 Å². The maximum absolute atomic E-state index is 5.92. The van der Waals surface area contributed by atoms with Crippen LogP contribution in [0.15, 0.2) is 0 Å². The molecule has 250 valence electrons. The maximum Gasteiger partial charge on any atom is 0.285 e. The van der Waals surface area contributed by atoms with Crippen molar-refractivity contribution in [2.45, 2.75) is 162 Å². The smallest absolute Gasteiger partial charge is 0.285 e. The number of methoxy groups -OCH3 is 2. The largest absolute Gasteiger partial charge is 0.331 e. The van der Waals surface area contributed by atoms with Crippen molar-refractivity contribution in [1.82, 2.24) is 0 Å². The molecule has 0 aliphatic heterocycles. The molecule has 0 rings (SSSR count). The van der Waals surface area contributed by atoms with Crippen molar-refractivity contribution in [1.29, 1.82) is 0 Å². The highest BCUT2D eigenvalue weighted by Gasteiger charge is 2.39. The first kappa shape index (κ1) is 43.6. The number of ether oxygens (including phenoxy) is 6. The monoisotopic (exact) mass is 626 g/mol. The fourth-order valence-electron chi connectivity index (χ4n) is 4.99. The summed E-state index contributed by atoms with van der Waals surface area (Å²) in [6.45, 7) is 11.7. The molecule has 0 amide bonds. The lowest BCUT2D eigenvalue weighted by molar-refractivity contribution is -0.387. The van der Waals surface area contributed by atoms with E-state index in [4.69, 9.17) is 28.4 Å². The van der Waals surface area contributed by atoms with Gasteiger partial charge in [0, 0.05) is 40.0 Å². The summed E-state index contributed by atoms with van der Waals surface area (Å²) < 4.78 is 33.7. The fourth-order valence-corrected chi connectivity index (χ4v) is 5.59. The number of hydrogen-bond donors (Lipinski definition) is 2. The van der Waals surface area contributed by atoms with Crippen LogP contribution in [0.25, 0.3) is 0 Å². The van der Waals surface area contributed by atoms with Crippen LogP contribution in [-0.2, 0) is 28.4 Å². The zero-order valence-corrected chi connectivity index (χ0v) is 29.9. The van der Waals surface area contributed by atoms with Gasteiger partial charge in [-0.15, -0.1) is 0 Å². The maximum atomic E-state index is 5.92. The van der Waals surface area contributed by atoms with E-state index in [-0.39, 0.29) is 12.0 Å². The Bertz CT molecular complexity index is 490. The molecule has 0 bridgehead atoms. The average molecular weight is 627 g/mol. The van der Waals surface area contributed by atoms with Gasteiger partial charge in [0.05, 0.1) is 6.10 Å². The summed E-state index contributed by atoms with van der Waals surface area (Å²) in [4.78, 5) is 0. The van der Waals surface area contributed by atoms with Gasteiger partial charge in [0.2, 0.25) is 0 Å². The van der Waals surface area contributed by atoms with Crippen LogP contribution in [0.2, 0.25) is 0 Å². The summed E-state index contributed by atoms with van der Waals surface area (Å²) in [5.41, 5.74) is 0. The fraction of sp³-hybridized carbons (Fsp3) is 1.00. The average Bonchev–Trinajstić information content (AvgIpc) is 2.97. The van der Waals surface area contributed by atoms with Crippen LogP contribution in [0.5, 0.6) is 0 Å². The van der Waals surface area contributed by atoms with Gasteiger partial charge >= 0.3 is 0 Å². The zero-order valence-electron chi connectivity index (χ0n) is 28.1. The molecule has 0 saturated heterocycles. The standard InChI is InChI=1S/C17H36O3S.C16H34O3S/c1-4-7-8-9-10-11-12-13-16(14-15-21)20-17(18-5-2)19-6-3;1-5-7-8-9-10-11-12-15(13-14-20)16(17-3,18-4)19-6-2/h16-17,21H,4-15H2,1-3H3;15,20H,5-14H2,1-4H3. The Morgan fingerprint density at radius 2 is 1.00 bits per heavy atom. The summed E-state index contributed by atoms with van der Waals surface area (Å²) in [6, 6.07) is 0. The van der Waals surface area contributed by atoms with Gasteiger partial charge in [-0.25, -0.2) is 0 Å². The van der Waals surface area contributed by atoms with Crippen LogP contribution in [0.3, 0.4) is 0 Å². The van der Waals surface area contributed by atoms with Crippen LogP contribution in [0, 0.1) is 5.92 Å². The molecule has 0 aliphatic rings. The highest BCUT2D eigenvalue weighted by atomic mass is 32.1. The van der Waals surface area contributed by atoms with Gasteiger partial charge < -0.3 is 28.4 Å². The predicted octanol–water partition coefficient (Wildman–Crippen LogP) is 9.84. The molecule has 0 aromatic rings. The molecule has 0 saturated carbocycles. The van der Waals surface area contributed by atoms with Gasteiger partial charge in [-0.2, -0.15) is 25.3 Å². The lowest BCUT2D eigenvalue weighted by Crippen LogP contribution is -2.45. The molecule has 41 heavy (non-hydrogen) atoms. The minimum atomic E-state index is -0.902. The molecule has 0 radical (unpaired) electrons. The molecule has 0 aromatic heterocycles. The summed E-state index contributed by atoms with van der Waals surface area (Å²) in [5.74, 6) is 0.996. The van der Waals surface area contributed by atoms with Crippen molar-refractivity contribution < 1.29 is 28.4 Å². The van der Waals surface area contributed by atoms with E-state index < -0.39 is 12.4 Å². The van der Waals surface area contributed by atoms with E-state index in [0.717, 1.165) is 37.2 Å². The van der Waals surface area contributed by atoms with Crippen LogP contribution in [0.4, 0.5) is 0 Å². The summed E-state index contributed by atoms with van der Waals surface area (Å²) >= 11 is 8.69. The molecule has 0 heterocycles. The van der Waals surface area contributed by atoms with Gasteiger partial charge in [-0.05, 0) is 58.0 Å². The third-order valence-electron chi connectivity index (χ3n) is 7.29. The molecule has 0 aliphatic carbocycles. The second kappa shape index (κ2) is 33.4. The number of hydrogen-bond acceptors (Lipinski definition) is 8. The van der Waals surface area contributed by atoms with Gasteiger partial charge in [-0.1, -0.05) is 97.3 Å². The quantitative estimate of drug-likeness (QED) is 0.0470. The summed E-state index contributed by atoms with van der Waals surface area (Å²) in [6.07, 6.45) is 21.3. The molecule has 2 atom stereocenters. The molecule has 0 fully saturated rings. The summed E-state index contributed by atoms with van der Waals surface area (Å²) in [5, 5.41) is 0. The van der Waals surface area contributed by atoms with Crippen molar-refractivity contribution in [2.24, 2.45) is 5.92 Å². The molecular formula is C33H70O6S2. The molecule has 0 N–H and O–H groups in total. The SMILES string of the molecule is CCCCCCCCC(CCS)C(OC)(OC)OCC.CCCCCCCCCC(CCS)OC(OCC)OCC. The number of rotatable bonds is 30. The summed E-state index contributed by atoms with van der Waals surface area (Å²) in [7, 11) is 3.32. The Balaban J connectivity index is 0. The molecule has 8 heteroatoms. The third kappa shape index (κ3) is 24.5. The van der Waals surface area contributed by atoms with Crippen molar-refractivity contribution in [3.05, 3.63) is 0 Å². The van der Waals surface area contributed by atoms with Gasteiger partial charge in [-0.3, -0.25) is 0 Å². The first-order valence-corrected chi connectivity index (χ1v) is 18.1. The van der Waals surface area contributed by atoms with Crippen molar-refractivity contribution in [3.63, 3.8) is 0 Å². The number of unbranched alkanes of at least 4 members (excludes halogenated alkanes) is 11. The minimum Gasteiger partial charge on any atom is -0.331 e. The van der Waals surface area contributed by atoms with Gasteiger partial charge in [0.1, 0.15) is 0 Å². The Kier molecular flexibility index (Phi) is 35.5. The van der Waals surface area contributed by atoms with Crippen molar-refractivity contribution in [2.75, 3.05) is 45.5 Å². The molecule has 2 unspecified atom stereocenters. The van der Waals surface area contributed by atoms with E-state index in [0.29, 0.717) is 19.8 Å². The highest BCUT2D eigenvalue weighted by molar-refractivity contribution is 7.80. The Hall–Kier alpha value is 0.460. The van der Waals surface area contributed by atoms with Crippen molar-refractivity contribution >= 4 is 25.3 Å². The Morgan fingerprint density at radius 1 is 0.537 bits per heavy atom. The molecule has 0 aromatic carbocycles. The lowest BCUT2D eigenvalue weighted by atomic mass is 9.95. The second-order valence-electron chi connectivity index (χ2n) is 10.6. The normalized spacial score (nSPS) is 13.3. The first-order valence-electron chi connectivity index (χ1n) is 16.8. The molecular weight excluding hydrogens is 556 g/mol. The van der Waals surface area contributed by atoms with Crippen molar-refractivity contribution in [3.8, 4) is 0 Å². The van der Waals surface area contributed by atoms with Crippen LogP contribution in [-0.4, -0.2) is 64.1 Å². The predicted molar refractivity (Wildman–Crippen MR) is 181 cm³/mol. The van der Waals surface area contributed by atoms with E-state index in [1.54, 1.807) is 14.2 Å². The van der Waals surface area contributed by atoms with Crippen LogP contribution >= 0.6 is 25.3 Å². The van der Waals surface area contributed by atoms with E-state index in [1.807, 2.05) is 20.8 Å². The third-order valence-corrected chi connectivity index (χ3v) is 7.80. The molecule has 6 nitrogen and oxygen atoms in total. The second-order valence-corrected chi connectivity index (χ2v) is 11.5. The molecule has 0 spiro atoms. The number of thiol groups is 2. The first-order chi connectivity index (χ1) is 20.0. The minimum absolute atomic E-state index is 0.196. The van der Waals surface area contributed by atoms with E-state index in [2.05, 4.69) is 39.1 Å². The van der Waals surface area contributed by atoms with Crippen LogP contribution < -0.4 is 0 Å². The Morgan fingerprint density at radius 3 is 1.41 bits per heavy atom. The van der Waals surface area contributed by atoms with Gasteiger partial charge in [0.15, 0.2) is 0 Å². The highest BCUT2D eigenvalue weighted by Crippen LogP contribution is 2.32. The van der Waals surface area contributed by atoms with E-state index >= 15 is 0 Å². The lowest BCUT2D eigenvalue weighted by Gasteiger charge is -2.37. The zero-order chi connectivity index (χ0) is 31.0. The van der Waals surface area contributed by atoms with Crippen LogP contribution in [0.1, 0.15) is 144 Å².